The summed E-state index contributed by atoms with van der Waals surface area (Å²) in [6.07, 6.45) is 8.15. The molecule has 0 aromatic carbocycles. The van der Waals surface area contributed by atoms with Crippen LogP contribution in [0.15, 0.2) is 18.5 Å². The smallest absolute Gasteiger partial charge is 0.338 e. The highest BCUT2D eigenvalue weighted by Crippen LogP contribution is 2.23. The zero-order valence-corrected chi connectivity index (χ0v) is 11.0. The van der Waals surface area contributed by atoms with Crippen molar-refractivity contribution in [2.75, 3.05) is 7.05 Å². The van der Waals surface area contributed by atoms with Crippen molar-refractivity contribution in [2.24, 2.45) is 0 Å². The average molecular weight is 262 g/mol. The number of rotatable bonds is 3. The van der Waals surface area contributed by atoms with Crippen LogP contribution in [-0.2, 0) is 0 Å². The van der Waals surface area contributed by atoms with Crippen LogP contribution in [0.1, 0.15) is 52.8 Å². The van der Waals surface area contributed by atoms with Gasteiger partial charge in [-0.05, 0) is 18.9 Å². The van der Waals surface area contributed by atoms with Crippen molar-refractivity contribution in [2.45, 2.75) is 38.1 Å². The van der Waals surface area contributed by atoms with Crippen molar-refractivity contribution in [1.82, 2.24) is 9.88 Å². The molecular formula is C14H18N2O3. The molecule has 1 heterocycles. The molecule has 0 radical (unpaired) electrons. The van der Waals surface area contributed by atoms with Crippen molar-refractivity contribution in [3.63, 3.8) is 0 Å². The van der Waals surface area contributed by atoms with Gasteiger partial charge in [-0.15, -0.1) is 0 Å². The van der Waals surface area contributed by atoms with Crippen LogP contribution in [0.4, 0.5) is 0 Å². The van der Waals surface area contributed by atoms with Gasteiger partial charge < -0.3 is 10.0 Å². The van der Waals surface area contributed by atoms with E-state index in [4.69, 9.17) is 5.11 Å². The lowest BCUT2D eigenvalue weighted by Gasteiger charge is -2.31. The summed E-state index contributed by atoms with van der Waals surface area (Å²) in [5, 5.41) is 9.10. The third kappa shape index (κ3) is 2.92. The second kappa shape index (κ2) is 5.82. The fourth-order valence-corrected chi connectivity index (χ4v) is 2.58. The van der Waals surface area contributed by atoms with Crippen LogP contribution >= 0.6 is 0 Å². The summed E-state index contributed by atoms with van der Waals surface area (Å²) in [4.78, 5) is 29.0. The first kappa shape index (κ1) is 13.5. The monoisotopic (exact) mass is 262 g/mol. The number of carbonyl (C=O) groups is 2. The van der Waals surface area contributed by atoms with Gasteiger partial charge in [-0.3, -0.25) is 9.78 Å². The molecule has 1 aromatic heterocycles. The van der Waals surface area contributed by atoms with Gasteiger partial charge in [0.25, 0.3) is 5.91 Å². The number of carboxylic acids is 1. The number of amides is 1. The van der Waals surface area contributed by atoms with Gasteiger partial charge in [0, 0.05) is 25.5 Å². The summed E-state index contributed by atoms with van der Waals surface area (Å²) >= 11 is 0. The summed E-state index contributed by atoms with van der Waals surface area (Å²) in [5.41, 5.74) is 0.186. The van der Waals surface area contributed by atoms with Gasteiger partial charge in [0.15, 0.2) is 0 Å². The summed E-state index contributed by atoms with van der Waals surface area (Å²) in [6.45, 7) is 0. The first-order chi connectivity index (χ1) is 9.11. The number of carboxylic acid groups (broad SMARTS) is 1. The Morgan fingerprint density at radius 2 is 1.95 bits per heavy atom. The van der Waals surface area contributed by atoms with Crippen molar-refractivity contribution in [1.29, 1.82) is 0 Å². The van der Waals surface area contributed by atoms with Crippen molar-refractivity contribution >= 4 is 11.9 Å². The van der Waals surface area contributed by atoms with Gasteiger partial charge in [0.1, 0.15) is 0 Å². The molecular weight excluding hydrogens is 244 g/mol. The maximum Gasteiger partial charge on any atom is 0.338 e. The van der Waals surface area contributed by atoms with E-state index in [9.17, 15) is 9.59 Å². The molecule has 1 aliphatic carbocycles. The highest BCUT2D eigenvalue weighted by molar-refractivity contribution is 6.04. The summed E-state index contributed by atoms with van der Waals surface area (Å²) in [5.74, 6) is -1.35. The maximum atomic E-state index is 12.4. The molecule has 1 aromatic rings. The number of hydrogen-bond acceptors (Lipinski definition) is 3. The minimum absolute atomic E-state index is 0.0323. The summed E-state index contributed by atoms with van der Waals surface area (Å²) in [7, 11) is 1.75. The molecule has 19 heavy (non-hydrogen) atoms. The van der Waals surface area contributed by atoms with Crippen LogP contribution in [-0.4, -0.2) is 40.0 Å². The minimum Gasteiger partial charge on any atom is -0.478 e. The van der Waals surface area contributed by atoms with E-state index in [0.717, 1.165) is 25.7 Å². The fraction of sp³-hybridized carbons (Fsp3) is 0.500. The Morgan fingerprint density at radius 3 is 2.58 bits per heavy atom. The third-order valence-electron chi connectivity index (χ3n) is 3.72. The second-order valence-corrected chi connectivity index (χ2v) is 4.93. The molecule has 0 saturated heterocycles. The first-order valence-corrected chi connectivity index (χ1v) is 6.55. The van der Waals surface area contributed by atoms with Gasteiger partial charge in [-0.25, -0.2) is 4.79 Å². The van der Waals surface area contributed by atoms with Crippen LogP contribution in [0.3, 0.4) is 0 Å². The molecule has 1 aliphatic rings. The predicted molar refractivity (Wildman–Crippen MR) is 70.2 cm³/mol. The van der Waals surface area contributed by atoms with Crippen LogP contribution in [0, 0.1) is 0 Å². The SMILES string of the molecule is CN(C(=O)c1ccncc1C(=O)O)C1CCCCC1. The lowest BCUT2D eigenvalue weighted by molar-refractivity contribution is 0.0653. The summed E-state index contributed by atoms with van der Waals surface area (Å²) < 4.78 is 0. The highest BCUT2D eigenvalue weighted by atomic mass is 16.4. The number of aromatic nitrogens is 1. The van der Waals surface area contributed by atoms with E-state index in [1.165, 1.54) is 24.9 Å². The van der Waals surface area contributed by atoms with Gasteiger partial charge in [0.2, 0.25) is 0 Å². The predicted octanol–water partition coefficient (Wildman–Crippen LogP) is 2.18. The molecule has 1 saturated carbocycles. The first-order valence-electron chi connectivity index (χ1n) is 6.55. The van der Waals surface area contributed by atoms with Gasteiger partial charge in [-0.1, -0.05) is 19.3 Å². The molecule has 2 rings (SSSR count). The molecule has 5 nitrogen and oxygen atoms in total. The lowest BCUT2D eigenvalue weighted by Crippen LogP contribution is -2.38. The molecule has 1 fully saturated rings. The molecule has 0 spiro atoms. The normalized spacial score (nSPS) is 16.1. The van der Waals surface area contributed by atoms with Crippen LogP contribution < -0.4 is 0 Å². The Kier molecular flexibility index (Phi) is 4.14. The number of pyridine rings is 1. The Morgan fingerprint density at radius 1 is 1.26 bits per heavy atom. The number of aromatic carboxylic acids is 1. The number of nitrogens with zero attached hydrogens (tertiary/aromatic N) is 2. The molecule has 1 N–H and O–H groups in total. The standard InChI is InChI=1S/C14H18N2O3/c1-16(10-5-3-2-4-6-10)13(17)11-7-8-15-9-12(11)14(18)19/h7-10H,2-6H2,1H3,(H,18,19). The van der Waals surface area contributed by atoms with E-state index in [1.54, 1.807) is 11.9 Å². The van der Waals surface area contributed by atoms with E-state index in [-0.39, 0.29) is 23.1 Å². The summed E-state index contributed by atoms with van der Waals surface area (Å²) in [6, 6.07) is 1.70. The fourth-order valence-electron chi connectivity index (χ4n) is 2.58. The average Bonchev–Trinajstić information content (AvgIpc) is 2.46. The number of hydrogen-bond donors (Lipinski definition) is 1. The molecule has 0 aliphatic heterocycles. The van der Waals surface area contributed by atoms with E-state index in [0.29, 0.717) is 0 Å². The van der Waals surface area contributed by atoms with Crippen molar-refractivity contribution in [3.8, 4) is 0 Å². The molecule has 0 bridgehead atoms. The quantitative estimate of drug-likeness (QED) is 0.906. The van der Waals surface area contributed by atoms with Gasteiger partial charge in [0.05, 0.1) is 11.1 Å². The second-order valence-electron chi connectivity index (χ2n) is 4.93. The minimum atomic E-state index is -1.12. The Balaban J connectivity index is 2.21. The largest absolute Gasteiger partial charge is 0.478 e. The highest BCUT2D eigenvalue weighted by Gasteiger charge is 2.25. The number of carbonyl (C=O) groups excluding carboxylic acids is 1. The van der Waals surface area contributed by atoms with E-state index in [2.05, 4.69) is 4.98 Å². The van der Waals surface area contributed by atoms with Crippen molar-refractivity contribution in [3.05, 3.63) is 29.6 Å². The van der Waals surface area contributed by atoms with E-state index >= 15 is 0 Å². The van der Waals surface area contributed by atoms with Gasteiger partial charge in [-0.2, -0.15) is 0 Å². The molecule has 0 atom stereocenters. The topological polar surface area (TPSA) is 70.5 Å². The molecule has 102 valence electrons. The van der Waals surface area contributed by atoms with Gasteiger partial charge >= 0.3 is 5.97 Å². The Labute approximate surface area is 112 Å². The van der Waals surface area contributed by atoms with Crippen LogP contribution in [0.2, 0.25) is 0 Å². The lowest BCUT2D eigenvalue weighted by atomic mass is 9.94. The maximum absolute atomic E-state index is 12.4. The molecule has 0 unspecified atom stereocenters. The Hall–Kier alpha value is -1.91. The zero-order valence-electron chi connectivity index (χ0n) is 11.0. The third-order valence-corrected chi connectivity index (χ3v) is 3.72. The van der Waals surface area contributed by atoms with E-state index in [1.807, 2.05) is 0 Å². The van der Waals surface area contributed by atoms with Crippen LogP contribution in [0.25, 0.3) is 0 Å². The zero-order chi connectivity index (χ0) is 13.8. The Bertz CT molecular complexity index is 481. The molecule has 1 amide bonds. The molecule has 5 heteroatoms. The van der Waals surface area contributed by atoms with Crippen LogP contribution in [0.5, 0.6) is 0 Å². The van der Waals surface area contributed by atoms with Crippen molar-refractivity contribution < 1.29 is 14.7 Å². The van der Waals surface area contributed by atoms with E-state index < -0.39 is 5.97 Å².